The zero-order valence-corrected chi connectivity index (χ0v) is 23.0. The predicted molar refractivity (Wildman–Crippen MR) is 143 cm³/mol. The maximum Gasteiger partial charge on any atom is 0.337 e. The molecule has 4 rings (SSSR count). The maximum absolute atomic E-state index is 13.5. The molecule has 0 bridgehead atoms. The number of nitrogens with zero attached hydrogens (tertiary/aromatic N) is 2. The molecule has 1 aliphatic rings. The van der Waals surface area contributed by atoms with Crippen molar-refractivity contribution in [1.82, 2.24) is 9.21 Å². The monoisotopic (exact) mass is 580 g/mol. The van der Waals surface area contributed by atoms with Crippen LogP contribution < -0.4 is 0 Å². The molecule has 0 aliphatic carbocycles. The van der Waals surface area contributed by atoms with Gasteiger partial charge in [-0.1, -0.05) is 47.5 Å². The van der Waals surface area contributed by atoms with E-state index in [0.717, 1.165) is 23.3 Å². The Morgan fingerprint density at radius 3 is 2.24 bits per heavy atom. The van der Waals surface area contributed by atoms with E-state index in [4.69, 9.17) is 32.7 Å². The second kappa shape index (κ2) is 12.5. The van der Waals surface area contributed by atoms with Crippen LogP contribution >= 0.6 is 23.2 Å². The van der Waals surface area contributed by atoms with E-state index in [2.05, 4.69) is 4.90 Å². The minimum Gasteiger partial charge on any atom is -0.465 e. The van der Waals surface area contributed by atoms with Crippen molar-refractivity contribution in [3.05, 3.63) is 99.3 Å². The smallest absolute Gasteiger partial charge is 0.337 e. The van der Waals surface area contributed by atoms with Gasteiger partial charge in [0.2, 0.25) is 10.0 Å². The first kappa shape index (κ1) is 28.5. The Labute approximate surface area is 231 Å². The van der Waals surface area contributed by atoms with Gasteiger partial charge in [0.1, 0.15) is 5.82 Å². The van der Waals surface area contributed by atoms with Crippen molar-refractivity contribution in [2.75, 3.05) is 39.8 Å². The molecule has 1 saturated heterocycles. The largest absolute Gasteiger partial charge is 0.465 e. The summed E-state index contributed by atoms with van der Waals surface area (Å²) < 4.78 is 52.0. The van der Waals surface area contributed by atoms with Gasteiger partial charge in [0.25, 0.3) is 0 Å². The van der Waals surface area contributed by atoms with Crippen LogP contribution in [0.2, 0.25) is 10.0 Å². The number of rotatable bonds is 9. The lowest BCUT2D eigenvalue weighted by Gasteiger charge is -2.36. The number of methoxy groups -OCH3 is 1. The van der Waals surface area contributed by atoms with Crippen LogP contribution in [0.15, 0.2) is 71.6 Å². The molecular weight excluding hydrogens is 554 g/mol. The summed E-state index contributed by atoms with van der Waals surface area (Å²) in [5.41, 5.74) is 2.29. The van der Waals surface area contributed by atoms with Crippen LogP contribution in [0.1, 0.15) is 27.6 Å². The lowest BCUT2D eigenvalue weighted by Crippen LogP contribution is -2.49. The molecule has 0 N–H and O–H groups in total. The molecule has 0 spiro atoms. The second-order valence-corrected chi connectivity index (χ2v) is 11.6. The number of halogens is 3. The fraction of sp³-hybridized carbons (Fsp3) is 0.296. The topological polar surface area (TPSA) is 76.2 Å². The van der Waals surface area contributed by atoms with Crippen molar-refractivity contribution >= 4 is 39.2 Å². The van der Waals surface area contributed by atoms with E-state index < -0.39 is 21.8 Å². The molecule has 1 heterocycles. The van der Waals surface area contributed by atoms with E-state index in [9.17, 15) is 17.6 Å². The number of benzene rings is 3. The van der Waals surface area contributed by atoms with Crippen molar-refractivity contribution in [2.45, 2.75) is 17.6 Å². The molecule has 3 aromatic carbocycles. The predicted octanol–water partition coefficient (Wildman–Crippen LogP) is 5.18. The van der Waals surface area contributed by atoms with E-state index in [1.54, 1.807) is 24.3 Å². The summed E-state index contributed by atoms with van der Waals surface area (Å²) in [6.07, 6.45) is -0.299. The van der Waals surface area contributed by atoms with Gasteiger partial charge in [-0.05, 0) is 53.6 Å². The summed E-state index contributed by atoms with van der Waals surface area (Å²) >= 11 is 11.9. The van der Waals surface area contributed by atoms with Crippen LogP contribution in [0, 0.1) is 5.82 Å². The minimum absolute atomic E-state index is 0.0297. The lowest BCUT2D eigenvalue weighted by atomic mass is 10.1. The quantitative estimate of drug-likeness (QED) is 0.324. The molecule has 11 heteroatoms. The molecule has 0 aromatic heterocycles. The van der Waals surface area contributed by atoms with E-state index in [0.29, 0.717) is 36.8 Å². The van der Waals surface area contributed by atoms with Crippen LogP contribution in [-0.4, -0.2) is 63.4 Å². The van der Waals surface area contributed by atoms with E-state index in [-0.39, 0.29) is 29.1 Å². The third-order valence-electron chi connectivity index (χ3n) is 6.35. The van der Waals surface area contributed by atoms with Crippen LogP contribution in [-0.2, 0) is 26.1 Å². The van der Waals surface area contributed by atoms with Gasteiger partial charge < -0.3 is 9.47 Å². The average molecular weight is 581 g/mol. The molecule has 202 valence electrons. The summed E-state index contributed by atoms with van der Waals surface area (Å²) in [6, 6.07) is 17.9. The molecule has 0 saturated carbocycles. The third-order valence-corrected chi connectivity index (χ3v) is 8.79. The van der Waals surface area contributed by atoms with Crippen LogP contribution in [0.5, 0.6) is 0 Å². The highest BCUT2D eigenvalue weighted by atomic mass is 35.5. The van der Waals surface area contributed by atoms with Gasteiger partial charge in [-0.25, -0.2) is 17.6 Å². The molecule has 1 fully saturated rings. The second-order valence-electron chi connectivity index (χ2n) is 8.82. The number of esters is 1. The zero-order valence-electron chi connectivity index (χ0n) is 20.6. The standard InChI is InChI=1S/C27H27Cl2FN2O5S/c1-36-27(33)21-4-2-19(3-5-21)18-37-26(20-6-8-22(28)9-7-20)17-31-12-14-32(15-13-31)38(34,35)23-10-11-25(30)24(29)16-23/h2-11,16,26H,12-15,17-18H2,1H3. The van der Waals surface area contributed by atoms with Crippen molar-refractivity contribution < 1.29 is 27.1 Å². The summed E-state index contributed by atoms with van der Waals surface area (Å²) in [5, 5.41) is 0.387. The molecule has 3 aromatic rings. The molecule has 38 heavy (non-hydrogen) atoms. The summed E-state index contributed by atoms with van der Waals surface area (Å²) in [7, 11) is -2.45. The molecule has 1 aliphatic heterocycles. The molecule has 0 radical (unpaired) electrons. The maximum atomic E-state index is 13.5. The van der Waals surface area contributed by atoms with Crippen LogP contribution in [0.4, 0.5) is 4.39 Å². The fourth-order valence-electron chi connectivity index (χ4n) is 4.16. The summed E-state index contributed by atoms with van der Waals surface area (Å²) in [5.74, 6) is -1.07. The van der Waals surface area contributed by atoms with Gasteiger partial charge in [-0.2, -0.15) is 4.31 Å². The van der Waals surface area contributed by atoms with Gasteiger partial charge in [0.15, 0.2) is 0 Å². The number of sulfonamides is 1. The number of carbonyl (C=O) groups is 1. The Hall–Kier alpha value is -2.53. The van der Waals surface area contributed by atoms with Crippen molar-refractivity contribution in [3.8, 4) is 0 Å². The molecule has 0 amide bonds. The van der Waals surface area contributed by atoms with Crippen LogP contribution in [0.25, 0.3) is 0 Å². The first-order valence-corrected chi connectivity index (χ1v) is 14.1. The van der Waals surface area contributed by atoms with E-state index >= 15 is 0 Å². The Morgan fingerprint density at radius 1 is 0.974 bits per heavy atom. The Balaban J connectivity index is 1.41. The summed E-state index contributed by atoms with van der Waals surface area (Å²) in [4.78, 5) is 13.8. The number of hydrogen-bond acceptors (Lipinski definition) is 6. The van der Waals surface area contributed by atoms with E-state index in [1.165, 1.54) is 17.5 Å². The zero-order chi connectivity index (χ0) is 27.3. The Bertz CT molecular complexity index is 1360. The van der Waals surface area contributed by atoms with Gasteiger partial charge in [-0.3, -0.25) is 4.90 Å². The van der Waals surface area contributed by atoms with Crippen molar-refractivity contribution in [3.63, 3.8) is 0 Å². The minimum atomic E-state index is -3.79. The number of carbonyl (C=O) groups excluding carboxylic acids is 1. The third kappa shape index (κ3) is 6.91. The number of hydrogen-bond donors (Lipinski definition) is 0. The highest BCUT2D eigenvalue weighted by Gasteiger charge is 2.30. The highest BCUT2D eigenvalue weighted by molar-refractivity contribution is 7.89. The number of ether oxygens (including phenoxy) is 2. The SMILES string of the molecule is COC(=O)c1ccc(COC(CN2CCN(S(=O)(=O)c3ccc(F)c(Cl)c3)CC2)c2ccc(Cl)cc2)cc1. The average Bonchev–Trinajstić information content (AvgIpc) is 2.93. The lowest BCUT2D eigenvalue weighted by molar-refractivity contribution is 0.00771. The Morgan fingerprint density at radius 2 is 1.63 bits per heavy atom. The van der Waals surface area contributed by atoms with E-state index in [1.807, 2.05) is 24.3 Å². The van der Waals surface area contributed by atoms with Crippen molar-refractivity contribution in [2.24, 2.45) is 0 Å². The molecule has 7 nitrogen and oxygen atoms in total. The highest BCUT2D eigenvalue weighted by Crippen LogP contribution is 2.26. The fourth-order valence-corrected chi connectivity index (χ4v) is 5.98. The molecule has 1 atom stereocenters. The Kier molecular flexibility index (Phi) is 9.40. The summed E-state index contributed by atoms with van der Waals surface area (Å²) in [6.45, 7) is 2.40. The first-order valence-electron chi connectivity index (χ1n) is 11.9. The molecule has 1 unspecified atom stereocenters. The van der Waals surface area contributed by atoms with Crippen LogP contribution in [0.3, 0.4) is 0 Å². The van der Waals surface area contributed by atoms with Gasteiger partial charge in [-0.15, -0.1) is 0 Å². The van der Waals surface area contributed by atoms with Gasteiger partial charge in [0, 0.05) is 37.7 Å². The normalized spacial score (nSPS) is 15.8. The first-order chi connectivity index (χ1) is 18.2. The number of piperazine rings is 1. The molecular formula is C27H27Cl2FN2O5S. The van der Waals surface area contributed by atoms with Gasteiger partial charge >= 0.3 is 5.97 Å². The van der Waals surface area contributed by atoms with Gasteiger partial charge in [0.05, 0.1) is 35.3 Å². The van der Waals surface area contributed by atoms with Crippen molar-refractivity contribution in [1.29, 1.82) is 0 Å².